The maximum Gasteiger partial charge on any atom is 0.318 e. The monoisotopic (exact) mass is 515 g/mol. The van der Waals surface area contributed by atoms with Crippen LogP contribution in [0.1, 0.15) is 39.9 Å². The van der Waals surface area contributed by atoms with Gasteiger partial charge in [-0.2, -0.15) is 5.26 Å². The van der Waals surface area contributed by atoms with Gasteiger partial charge in [0.15, 0.2) is 0 Å². The van der Waals surface area contributed by atoms with E-state index in [2.05, 4.69) is 39.5 Å². The van der Waals surface area contributed by atoms with Crippen LogP contribution in [0.3, 0.4) is 0 Å². The molecule has 198 valence electrons. The van der Waals surface area contributed by atoms with E-state index >= 15 is 0 Å². The first-order valence-corrected chi connectivity index (χ1v) is 13.0. The number of piperazine rings is 1. The molecule has 1 atom stereocenters. The minimum atomic E-state index is -0.312. The molecule has 0 spiro atoms. The number of aromatic nitrogens is 2. The van der Waals surface area contributed by atoms with Crippen molar-refractivity contribution in [2.24, 2.45) is 0 Å². The van der Waals surface area contributed by atoms with Crippen LogP contribution in [0.25, 0.3) is 0 Å². The van der Waals surface area contributed by atoms with Crippen molar-refractivity contribution in [3.63, 3.8) is 0 Å². The third kappa shape index (κ3) is 5.15. The average molecular weight is 516 g/mol. The number of nitrogens with one attached hydrogen (secondary N) is 1. The van der Waals surface area contributed by atoms with Gasteiger partial charge in [0.25, 0.3) is 5.91 Å². The molecule has 10 heteroatoms. The number of nitrogens with zero attached hydrogens (tertiary/aromatic N) is 6. The Hall–Kier alpha value is -4.10. The van der Waals surface area contributed by atoms with Crippen LogP contribution in [0, 0.1) is 25.2 Å². The standard InChI is InChI=1S/C28H33N7O3/c1-19-13-20(2)25(31-22-7-9-33(10-8-22)26-6-4-3-5-21(26)15-29)14-24(19)27(37)34-11-12-35(23(16-34)17-36)28-32-30-18-38-28/h3-6,13-14,18,22-23,31,36H,7-12,16-17H2,1-2H3/t23-/m0/s1. The van der Waals surface area contributed by atoms with Gasteiger partial charge >= 0.3 is 6.01 Å². The number of piperidine rings is 1. The summed E-state index contributed by atoms with van der Waals surface area (Å²) in [6.07, 6.45) is 3.14. The lowest BCUT2D eigenvalue weighted by Gasteiger charge is -2.39. The van der Waals surface area contributed by atoms with Crippen molar-refractivity contribution in [1.82, 2.24) is 15.1 Å². The van der Waals surface area contributed by atoms with Crippen LogP contribution in [0.5, 0.6) is 0 Å². The number of hydrogen-bond donors (Lipinski definition) is 2. The fraction of sp³-hybridized carbons (Fsp3) is 0.429. The second-order valence-electron chi connectivity index (χ2n) is 10.0. The molecule has 0 unspecified atom stereocenters. The van der Waals surface area contributed by atoms with Crippen LogP contribution in [-0.4, -0.2) is 77.5 Å². The Morgan fingerprint density at radius 3 is 2.66 bits per heavy atom. The molecular formula is C28H33N7O3. The van der Waals surface area contributed by atoms with Crippen molar-refractivity contribution in [3.8, 4) is 6.07 Å². The summed E-state index contributed by atoms with van der Waals surface area (Å²) in [5.74, 6) is -0.0443. The minimum absolute atomic E-state index is 0.0443. The van der Waals surface area contributed by atoms with Crippen LogP contribution >= 0.6 is 0 Å². The number of carbonyl (C=O) groups excluding carboxylic acids is 1. The van der Waals surface area contributed by atoms with Crippen molar-refractivity contribution in [1.29, 1.82) is 5.26 Å². The fourth-order valence-electron chi connectivity index (χ4n) is 5.48. The molecule has 2 aromatic carbocycles. The van der Waals surface area contributed by atoms with Crippen LogP contribution in [0.4, 0.5) is 17.4 Å². The predicted molar refractivity (Wildman–Crippen MR) is 144 cm³/mol. The Kier molecular flexibility index (Phi) is 7.47. The summed E-state index contributed by atoms with van der Waals surface area (Å²) in [6.45, 7) is 7.00. The highest BCUT2D eigenvalue weighted by atomic mass is 16.4. The maximum absolute atomic E-state index is 13.6. The van der Waals surface area contributed by atoms with Crippen molar-refractivity contribution < 1.29 is 14.3 Å². The van der Waals surface area contributed by atoms with E-state index in [9.17, 15) is 15.2 Å². The minimum Gasteiger partial charge on any atom is -0.411 e. The average Bonchev–Trinajstić information content (AvgIpc) is 3.49. The quantitative estimate of drug-likeness (QED) is 0.510. The zero-order valence-electron chi connectivity index (χ0n) is 21.8. The summed E-state index contributed by atoms with van der Waals surface area (Å²) in [6, 6.07) is 14.4. The molecule has 2 aliphatic rings. The third-order valence-electron chi connectivity index (χ3n) is 7.60. The van der Waals surface area contributed by atoms with Gasteiger partial charge in [0, 0.05) is 50.0 Å². The Morgan fingerprint density at radius 2 is 1.95 bits per heavy atom. The molecule has 0 bridgehead atoms. The van der Waals surface area contributed by atoms with E-state index in [0.29, 0.717) is 36.8 Å². The Bertz CT molecular complexity index is 1310. The molecule has 1 amide bonds. The lowest BCUT2D eigenvalue weighted by molar-refractivity contribution is 0.0694. The number of aliphatic hydroxyl groups is 1. The number of rotatable bonds is 6. The van der Waals surface area contributed by atoms with E-state index in [-0.39, 0.29) is 24.6 Å². The molecule has 3 heterocycles. The molecule has 3 aromatic rings. The van der Waals surface area contributed by atoms with Crippen molar-refractivity contribution in [2.45, 2.75) is 38.8 Å². The van der Waals surface area contributed by atoms with E-state index in [1.54, 1.807) is 4.90 Å². The molecule has 5 rings (SSSR count). The molecule has 1 aromatic heterocycles. The van der Waals surface area contributed by atoms with Gasteiger partial charge < -0.3 is 29.5 Å². The number of amides is 1. The number of aryl methyl sites for hydroxylation is 2. The van der Waals surface area contributed by atoms with Gasteiger partial charge in [-0.25, -0.2) is 0 Å². The highest BCUT2D eigenvalue weighted by Crippen LogP contribution is 2.28. The lowest BCUT2D eigenvalue weighted by Crippen LogP contribution is -2.56. The number of hydrogen-bond acceptors (Lipinski definition) is 9. The predicted octanol–water partition coefficient (Wildman–Crippen LogP) is 2.96. The maximum atomic E-state index is 13.6. The van der Waals surface area contributed by atoms with Gasteiger partial charge in [0.1, 0.15) is 6.07 Å². The summed E-state index contributed by atoms with van der Waals surface area (Å²) in [5.41, 5.74) is 5.37. The summed E-state index contributed by atoms with van der Waals surface area (Å²) < 4.78 is 5.31. The number of aliphatic hydroxyl groups excluding tert-OH is 1. The van der Waals surface area contributed by atoms with Crippen LogP contribution in [0.15, 0.2) is 47.2 Å². The first-order chi connectivity index (χ1) is 18.5. The van der Waals surface area contributed by atoms with E-state index < -0.39 is 0 Å². The van der Waals surface area contributed by atoms with E-state index in [4.69, 9.17) is 4.42 Å². The number of carbonyl (C=O) groups is 1. The molecule has 2 aliphatic heterocycles. The summed E-state index contributed by atoms with van der Waals surface area (Å²) in [5, 5.41) is 30.8. The SMILES string of the molecule is Cc1cc(C)c(C(=O)N2CCN(c3nnco3)[C@H](CO)C2)cc1NC1CCN(c2ccccc2C#N)CC1. The van der Waals surface area contributed by atoms with Gasteiger partial charge in [-0.05, 0) is 56.0 Å². The number of benzene rings is 2. The zero-order valence-corrected chi connectivity index (χ0v) is 21.8. The van der Waals surface area contributed by atoms with Gasteiger partial charge in [-0.1, -0.05) is 23.3 Å². The summed E-state index contributed by atoms with van der Waals surface area (Å²) in [7, 11) is 0. The Labute approximate surface area is 222 Å². The number of para-hydroxylation sites is 1. The van der Waals surface area contributed by atoms with Crippen molar-refractivity contribution in [2.75, 3.05) is 54.4 Å². The fourth-order valence-corrected chi connectivity index (χ4v) is 5.48. The Morgan fingerprint density at radius 1 is 1.16 bits per heavy atom. The van der Waals surface area contributed by atoms with Crippen molar-refractivity contribution in [3.05, 3.63) is 65.0 Å². The van der Waals surface area contributed by atoms with Crippen molar-refractivity contribution >= 4 is 23.3 Å². The smallest absolute Gasteiger partial charge is 0.318 e. The molecular weight excluding hydrogens is 482 g/mol. The third-order valence-corrected chi connectivity index (χ3v) is 7.60. The van der Waals surface area contributed by atoms with Gasteiger partial charge in [-0.3, -0.25) is 4.79 Å². The summed E-state index contributed by atoms with van der Waals surface area (Å²) >= 11 is 0. The number of anilines is 3. The van der Waals surface area contributed by atoms with Crippen LogP contribution in [0.2, 0.25) is 0 Å². The zero-order chi connectivity index (χ0) is 26.6. The lowest BCUT2D eigenvalue weighted by atomic mass is 9.99. The van der Waals surface area contributed by atoms with Gasteiger partial charge in [0.05, 0.1) is 23.9 Å². The van der Waals surface area contributed by atoms with Crippen LogP contribution < -0.4 is 15.1 Å². The number of nitriles is 1. The molecule has 38 heavy (non-hydrogen) atoms. The molecule has 2 N–H and O–H groups in total. The largest absolute Gasteiger partial charge is 0.411 e. The second kappa shape index (κ2) is 11.1. The van der Waals surface area contributed by atoms with Gasteiger partial charge in [0.2, 0.25) is 6.39 Å². The first kappa shape index (κ1) is 25.5. The second-order valence-corrected chi connectivity index (χ2v) is 10.0. The van der Waals surface area contributed by atoms with E-state index in [0.717, 1.165) is 48.4 Å². The summed E-state index contributed by atoms with van der Waals surface area (Å²) in [4.78, 5) is 19.5. The molecule has 2 fully saturated rings. The molecule has 0 radical (unpaired) electrons. The first-order valence-electron chi connectivity index (χ1n) is 13.0. The highest BCUT2D eigenvalue weighted by Gasteiger charge is 2.33. The molecule has 0 aliphatic carbocycles. The van der Waals surface area contributed by atoms with E-state index in [1.165, 1.54) is 6.39 Å². The normalized spacial score (nSPS) is 18.4. The molecule has 2 saturated heterocycles. The van der Waals surface area contributed by atoms with Crippen LogP contribution in [-0.2, 0) is 0 Å². The Balaban J connectivity index is 1.26. The van der Waals surface area contributed by atoms with Gasteiger partial charge in [-0.15, -0.1) is 5.10 Å². The molecule has 10 nitrogen and oxygen atoms in total. The molecule has 0 saturated carbocycles. The highest BCUT2D eigenvalue weighted by molar-refractivity contribution is 5.97. The topological polar surface area (TPSA) is 122 Å². The van der Waals surface area contributed by atoms with E-state index in [1.807, 2.05) is 42.2 Å².